The fraction of sp³-hybridized carbons (Fsp3) is 0.100. The highest BCUT2D eigenvalue weighted by molar-refractivity contribution is 7.18. The average molecular weight is 330 g/mol. The highest BCUT2D eigenvalue weighted by Gasteiger charge is 2.16. The van der Waals surface area contributed by atoms with E-state index in [9.17, 15) is 0 Å². The Labute approximate surface area is 142 Å². The van der Waals surface area contributed by atoms with Crippen LogP contribution in [0.3, 0.4) is 0 Å². The molecule has 0 radical (unpaired) electrons. The van der Waals surface area contributed by atoms with Gasteiger partial charge in [0.1, 0.15) is 5.58 Å². The predicted octanol–water partition coefficient (Wildman–Crippen LogP) is 5.87. The number of para-hydroxylation sites is 1. The van der Waals surface area contributed by atoms with Crippen molar-refractivity contribution in [2.24, 2.45) is 0 Å². The molecule has 1 aromatic carbocycles. The molecule has 0 saturated heterocycles. The Morgan fingerprint density at radius 2 is 1.88 bits per heavy atom. The van der Waals surface area contributed by atoms with Crippen molar-refractivity contribution in [2.45, 2.75) is 13.8 Å². The molecule has 5 rings (SSSR count). The summed E-state index contributed by atoms with van der Waals surface area (Å²) in [5.74, 6) is 0. The zero-order chi connectivity index (χ0) is 16.3. The van der Waals surface area contributed by atoms with Crippen molar-refractivity contribution in [1.82, 2.24) is 9.97 Å². The normalized spacial score (nSPS) is 11.8. The third-order valence-corrected chi connectivity index (χ3v) is 5.56. The SMILES string of the molecule is Cc1ccc2c(n1)oc1c(-c3nccc4c(C)csc34)cccc12. The summed E-state index contributed by atoms with van der Waals surface area (Å²) in [7, 11) is 0. The van der Waals surface area contributed by atoms with Gasteiger partial charge in [0.2, 0.25) is 5.71 Å². The van der Waals surface area contributed by atoms with Gasteiger partial charge in [-0.05, 0) is 54.4 Å². The van der Waals surface area contributed by atoms with E-state index in [4.69, 9.17) is 4.42 Å². The molecule has 4 heterocycles. The molecule has 0 aliphatic heterocycles. The van der Waals surface area contributed by atoms with Crippen LogP contribution in [-0.4, -0.2) is 9.97 Å². The van der Waals surface area contributed by atoms with Gasteiger partial charge in [-0.15, -0.1) is 11.3 Å². The van der Waals surface area contributed by atoms with E-state index in [1.165, 1.54) is 15.6 Å². The molecule has 0 unspecified atom stereocenters. The molecule has 3 nitrogen and oxygen atoms in total. The Balaban J connectivity index is 1.90. The molecule has 0 fully saturated rings. The maximum Gasteiger partial charge on any atom is 0.227 e. The van der Waals surface area contributed by atoms with Crippen molar-refractivity contribution >= 4 is 43.5 Å². The zero-order valence-electron chi connectivity index (χ0n) is 13.3. The summed E-state index contributed by atoms with van der Waals surface area (Å²) in [6.45, 7) is 4.11. The van der Waals surface area contributed by atoms with Gasteiger partial charge in [0.05, 0.1) is 10.4 Å². The Hall–Kier alpha value is -2.72. The second-order valence-corrected chi connectivity index (χ2v) is 6.92. The minimum absolute atomic E-state index is 0.687. The van der Waals surface area contributed by atoms with Gasteiger partial charge in [-0.3, -0.25) is 4.98 Å². The third kappa shape index (κ3) is 1.83. The lowest BCUT2D eigenvalue weighted by Crippen LogP contribution is -1.84. The molecule has 0 spiro atoms. The van der Waals surface area contributed by atoms with Crippen LogP contribution in [0.4, 0.5) is 0 Å². The largest absolute Gasteiger partial charge is 0.437 e. The fourth-order valence-corrected chi connectivity index (χ4v) is 4.29. The van der Waals surface area contributed by atoms with Crippen LogP contribution in [0.5, 0.6) is 0 Å². The van der Waals surface area contributed by atoms with E-state index in [2.05, 4.69) is 52.6 Å². The van der Waals surface area contributed by atoms with E-state index in [1.54, 1.807) is 11.3 Å². The smallest absolute Gasteiger partial charge is 0.227 e. The summed E-state index contributed by atoms with van der Waals surface area (Å²) < 4.78 is 7.33. The molecule has 0 amide bonds. The number of fused-ring (bicyclic) bond motifs is 4. The van der Waals surface area contributed by atoms with Crippen molar-refractivity contribution < 1.29 is 4.42 Å². The molecule has 0 saturated carbocycles. The first kappa shape index (κ1) is 13.7. The van der Waals surface area contributed by atoms with E-state index >= 15 is 0 Å². The molecule has 4 heteroatoms. The second-order valence-electron chi connectivity index (χ2n) is 6.04. The van der Waals surface area contributed by atoms with E-state index < -0.39 is 0 Å². The minimum atomic E-state index is 0.687. The molecule has 116 valence electrons. The van der Waals surface area contributed by atoms with E-state index in [1.807, 2.05) is 19.2 Å². The van der Waals surface area contributed by atoms with Crippen molar-refractivity contribution in [3.63, 3.8) is 0 Å². The third-order valence-electron chi connectivity index (χ3n) is 4.44. The maximum atomic E-state index is 6.13. The quantitative estimate of drug-likeness (QED) is 0.385. The van der Waals surface area contributed by atoms with Gasteiger partial charge in [0.25, 0.3) is 0 Å². The van der Waals surface area contributed by atoms with Crippen molar-refractivity contribution in [2.75, 3.05) is 0 Å². The second kappa shape index (κ2) is 4.89. The van der Waals surface area contributed by atoms with Gasteiger partial charge >= 0.3 is 0 Å². The van der Waals surface area contributed by atoms with Crippen LogP contribution in [0, 0.1) is 13.8 Å². The molecule has 0 bridgehead atoms. The number of hydrogen-bond acceptors (Lipinski definition) is 4. The summed E-state index contributed by atoms with van der Waals surface area (Å²) >= 11 is 1.73. The number of aryl methyl sites for hydroxylation is 2. The molecular formula is C20H14N2OS. The molecule has 0 aliphatic rings. The van der Waals surface area contributed by atoms with E-state index in [0.717, 1.165) is 33.3 Å². The summed E-state index contributed by atoms with van der Waals surface area (Å²) in [5, 5.41) is 5.57. The molecular weight excluding hydrogens is 316 g/mol. The van der Waals surface area contributed by atoms with Gasteiger partial charge in [-0.25, -0.2) is 4.98 Å². The topological polar surface area (TPSA) is 38.9 Å². The lowest BCUT2D eigenvalue weighted by Gasteiger charge is -2.03. The molecule has 24 heavy (non-hydrogen) atoms. The van der Waals surface area contributed by atoms with Gasteiger partial charge in [0.15, 0.2) is 0 Å². The van der Waals surface area contributed by atoms with E-state index in [0.29, 0.717) is 5.71 Å². The molecule has 4 aromatic heterocycles. The lowest BCUT2D eigenvalue weighted by atomic mass is 10.1. The maximum absolute atomic E-state index is 6.13. The number of benzene rings is 1. The van der Waals surface area contributed by atoms with Crippen LogP contribution >= 0.6 is 11.3 Å². The van der Waals surface area contributed by atoms with Crippen molar-refractivity contribution in [1.29, 1.82) is 0 Å². The van der Waals surface area contributed by atoms with Gasteiger partial charge < -0.3 is 4.42 Å². The molecule has 0 aliphatic carbocycles. The number of furan rings is 1. The summed E-state index contributed by atoms with van der Waals surface area (Å²) in [5.41, 5.74) is 5.79. The Morgan fingerprint density at radius 1 is 0.958 bits per heavy atom. The minimum Gasteiger partial charge on any atom is -0.437 e. The number of nitrogens with zero attached hydrogens (tertiary/aromatic N) is 2. The average Bonchev–Trinajstić information content (AvgIpc) is 3.15. The van der Waals surface area contributed by atoms with Gasteiger partial charge in [0, 0.05) is 28.2 Å². The van der Waals surface area contributed by atoms with Crippen molar-refractivity contribution in [3.05, 3.63) is 59.2 Å². The predicted molar refractivity (Wildman–Crippen MR) is 99.6 cm³/mol. The number of rotatable bonds is 1. The lowest BCUT2D eigenvalue weighted by molar-refractivity contribution is 0.653. The fourth-order valence-electron chi connectivity index (χ4n) is 3.24. The van der Waals surface area contributed by atoms with Crippen LogP contribution in [0.15, 0.2) is 52.4 Å². The highest BCUT2D eigenvalue weighted by atomic mass is 32.1. The van der Waals surface area contributed by atoms with Gasteiger partial charge in [-0.1, -0.05) is 12.1 Å². The highest BCUT2D eigenvalue weighted by Crippen LogP contribution is 2.39. The molecule has 5 aromatic rings. The number of aromatic nitrogens is 2. The summed E-state index contributed by atoms with van der Waals surface area (Å²) in [6, 6.07) is 12.4. The van der Waals surface area contributed by atoms with Crippen LogP contribution in [0.1, 0.15) is 11.3 Å². The van der Waals surface area contributed by atoms with Crippen LogP contribution < -0.4 is 0 Å². The Kier molecular flexibility index (Phi) is 2.79. The first-order valence-electron chi connectivity index (χ1n) is 7.84. The summed E-state index contributed by atoms with van der Waals surface area (Å²) in [4.78, 5) is 9.19. The van der Waals surface area contributed by atoms with Crippen LogP contribution in [0.2, 0.25) is 0 Å². The summed E-state index contributed by atoms with van der Waals surface area (Å²) in [6.07, 6.45) is 1.88. The first-order chi connectivity index (χ1) is 11.7. The van der Waals surface area contributed by atoms with Crippen molar-refractivity contribution in [3.8, 4) is 11.3 Å². The molecule has 0 N–H and O–H groups in total. The number of pyridine rings is 2. The van der Waals surface area contributed by atoms with Crippen LogP contribution in [0.25, 0.3) is 43.4 Å². The number of thiophene rings is 1. The number of hydrogen-bond donors (Lipinski definition) is 0. The van der Waals surface area contributed by atoms with Gasteiger partial charge in [-0.2, -0.15) is 0 Å². The first-order valence-corrected chi connectivity index (χ1v) is 8.72. The Morgan fingerprint density at radius 3 is 2.79 bits per heavy atom. The van der Waals surface area contributed by atoms with Crippen LogP contribution in [-0.2, 0) is 0 Å². The monoisotopic (exact) mass is 330 g/mol. The Bertz CT molecular complexity index is 1230. The zero-order valence-corrected chi connectivity index (χ0v) is 14.1. The standard InChI is InChI=1S/C20H14N2OS/c1-11-10-24-19-13(11)8-9-21-17(19)16-5-3-4-14-15-7-6-12(2)22-20(15)23-18(14)16/h3-10H,1-2H3. The molecule has 0 atom stereocenters. The van der Waals surface area contributed by atoms with E-state index in [-0.39, 0.29) is 0 Å².